The van der Waals surface area contributed by atoms with Crippen molar-refractivity contribution in [2.75, 3.05) is 39.7 Å². The number of hydrogen-bond acceptors (Lipinski definition) is 5. The Hall–Kier alpha value is -3.06. The molecular formula is C21H26N2O5. The second kappa shape index (κ2) is 10.3. The maximum absolute atomic E-state index is 12.9. The minimum absolute atomic E-state index is 0.0739. The lowest BCUT2D eigenvalue weighted by Gasteiger charge is -2.21. The van der Waals surface area contributed by atoms with Crippen molar-refractivity contribution in [1.82, 2.24) is 4.90 Å². The van der Waals surface area contributed by atoms with Gasteiger partial charge in [0, 0.05) is 24.8 Å². The predicted octanol–water partition coefficient (Wildman–Crippen LogP) is 2.95. The molecular weight excluding hydrogens is 360 g/mol. The molecule has 0 aliphatic heterocycles. The summed E-state index contributed by atoms with van der Waals surface area (Å²) in [5.74, 6) is 0.577. The highest BCUT2D eigenvalue weighted by Crippen LogP contribution is 2.24. The number of nitrogens with zero attached hydrogens (tertiary/aromatic N) is 1. The van der Waals surface area contributed by atoms with Crippen LogP contribution in [-0.2, 0) is 16.1 Å². The highest BCUT2D eigenvalue weighted by Gasteiger charge is 2.19. The number of carbonyl (C=O) groups is 2. The number of likely N-dealkylation sites (N-methyl/N-ethyl adjacent to an activating group) is 1. The van der Waals surface area contributed by atoms with Gasteiger partial charge in [-0.15, -0.1) is 0 Å². The third kappa shape index (κ3) is 5.23. The number of ether oxygens (including phenoxy) is 3. The van der Waals surface area contributed by atoms with Gasteiger partial charge in [0.1, 0.15) is 18.0 Å². The molecule has 2 aromatic carbocycles. The maximum atomic E-state index is 12.9. The number of hydrogen-bond donors (Lipinski definition) is 1. The van der Waals surface area contributed by atoms with E-state index in [-0.39, 0.29) is 18.4 Å². The number of methoxy groups -OCH3 is 3. The molecule has 7 heteroatoms. The summed E-state index contributed by atoms with van der Waals surface area (Å²) >= 11 is 0. The Bertz CT molecular complexity index is 822. The lowest BCUT2D eigenvalue weighted by atomic mass is 10.1. The van der Waals surface area contributed by atoms with Crippen molar-refractivity contribution < 1.29 is 23.8 Å². The van der Waals surface area contributed by atoms with Gasteiger partial charge in [0.2, 0.25) is 5.91 Å². The highest BCUT2D eigenvalue weighted by molar-refractivity contribution is 6.00. The summed E-state index contributed by atoms with van der Waals surface area (Å²) in [6.07, 6.45) is 0. The van der Waals surface area contributed by atoms with Crippen molar-refractivity contribution in [3.05, 3.63) is 53.6 Å². The van der Waals surface area contributed by atoms with E-state index in [2.05, 4.69) is 5.32 Å². The van der Waals surface area contributed by atoms with Crippen LogP contribution >= 0.6 is 0 Å². The summed E-state index contributed by atoms with van der Waals surface area (Å²) in [7, 11) is 4.67. The fraction of sp³-hybridized carbons (Fsp3) is 0.333. The summed E-state index contributed by atoms with van der Waals surface area (Å²) < 4.78 is 15.7. The molecule has 2 aromatic rings. The molecule has 0 aromatic heterocycles. The minimum Gasteiger partial charge on any atom is -0.496 e. The van der Waals surface area contributed by atoms with E-state index in [4.69, 9.17) is 14.2 Å². The third-order valence-corrected chi connectivity index (χ3v) is 4.22. The largest absolute Gasteiger partial charge is 0.496 e. The Morgan fingerprint density at radius 3 is 2.36 bits per heavy atom. The number of carbonyl (C=O) groups excluding carboxylic acids is 2. The van der Waals surface area contributed by atoms with E-state index >= 15 is 0 Å². The van der Waals surface area contributed by atoms with Crippen molar-refractivity contribution >= 4 is 17.5 Å². The van der Waals surface area contributed by atoms with Crippen LogP contribution in [0, 0.1) is 0 Å². The number of amides is 2. The lowest BCUT2D eigenvalue weighted by Crippen LogP contribution is -2.37. The van der Waals surface area contributed by atoms with Crippen molar-refractivity contribution in [3.8, 4) is 11.5 Å². The molecule has 2 rings (SSSR count). The number of nitrogens with one attached hydrogen (secondary N) is 1. The molecule has 0 atom stereocenters. The monoisotopic (exact) mass is 386 g/mol. The average molecular weight is 386 g/mol. The van der Waals surface area contributed by atoms with Crippen molar-refractivity contribution in [2.24, 2.45) is 0 Å². The molecule has 0 heterocycles. The molecule has 0 unspecified atom stereocenters. The predicted molar refractivity (Wildman–Crippen MR) is 107 cm³/mol. The molecule has 0 saturated carbocycles. The van der Waals surface area contributed by atoms with Gasteiger partial charge in [0.25, 0.3) is 5.91 Å². The van der Waals surface area contributed by atoms with Gasteiger partial charge in [-0.05, 0) is 31.2 Å². The first kappa shape index (κ1) is 21.2. The van der Waals surface area contributed by atoms with Crippen molar-refractivity contribution in [1.29, 1.82) is 0 Å². The molecule has 0 radical (unpaired) electrons. The second-order valence-electron chi connectivity index (χ2n) is 6.03. The van der Waals surface area contributed by atoms with Crippen LogP contribution in [0.2, 0.25) is 0 Å². The summed E-state index contributed by atoms with van der Waals surface area (Å²) in [5.41, 5.74) is 1.85. The first-order chi connectivity index (χ1) is 13.5. The molecule has 0 fully saturated rings. The van der Waals surface area contributed by atoms with Crippen LogP contribution < -0.4 is 14.8 Å². The lowest BCUT2D eigenvalue weighted by molar-refractivity contribution is -0.116. The Labute approximate surface area is 165 Å². The van der Waals surface area contributed by atoms with Crippen LogP contribution in [0.3, 0.4) is 0 Å². The van der Waals surface area contributed by atoms with Crippen LogP contribution in [0.25, 0.3) is 0 Å². The molecule has 0 bridgehead atoms. The van der Waals surface area contributed by atoms with Gasteiger partial charge < -0.3 is 24.4 Å². The maximum Gasteiger partial charge on any atom is 0.254 e. The van der Waals surface area contributed by atoms with Crippen LogP contribution in [0.1, 0.15) is 22.8 Å². The zero-order valence-corrected chi connectivity index (χ0v) is 16.7. The van der Waals surface area contributed by atoms with Crippen LogP contribution in [0.4, 0.5) is 5.69 Å². The van der Waals surface area contributed by atoms with E-state index < -0.39 is 0 Å². The Morgan fingerprint density at radius 2 is 1.71 bits per heavy atom. The molecule has 0 aliphatic carbocycles. The molecule has 2 amide bonds. The summed E-state index contributed by atoms with van der Waals surface area (Å²) in [4.78, 5) is 26.8. The number of rotatable bonds is 9. The zero-order valence-electron chi connectivity index (χ0n) is 16.7. The van der Waals surface area contributed by atoms with E-state index in [0.29, 0.717) is 35.9 Å². The van der Waals surface area contributed by atoms with E-state index in [9.17, 15) is 9.59 Å². The van der Waals surface area contributed by atoms with Gasteiger partial charge in [-0.3, -0.25) is 9.59 Å². The van der Waals surface area contributed by atoms with E-state index in [0.717, 1.165) is 5.56 Å². The summed E-state index contributed by atoms with van der Waals surface area (Å²) in [6.45, 7) is 2.52. The second-order valence-corrected chi connectivity index (χ2v) is 6.03. The van der Waals surface area contributed by atoms with Gasteiger partial charge in [-0.1, -0.05) is 18.2 Å². The first-order valence-electron chi connectivity index (χ1n) is 8.92. The Kier molecular flexibility index (Phi) is 7.83. The van der Waals surface area contributed by atoms with Gasteiger partial charge >= 0.3 is 0 Å². The molecule has 0 aliphatic rings. The summed E-state index contributed by atoms with van der Waals surface area (Å²) in [6, 6.07) is 12.3. The van der Waals surface area contributed by atoms with Crippen molar-refractivity contribution in [3.63, 3.8) is 0 Å². The fourth-order valence-electron chi connectivity index (χ4n) is 2.77. The van der Waals surface area contributed by atoms with E-state index in [1.165, 1.54) is 12.0 Å². The summed E-state index contributed by atoms with van der Waals surface area (Å²) in [5, 5.41) is 2.78. The number of benzene rings is 2. The van der Waals surface area contributed by atoms with Crippen LogP contribution in [0.5, 0.6) is 11.5 Å². The Balaban J connectivity index is 2.11. The van der Waals surface area contributed by atoms with Gasteiger partial charge in [-0.25, -0.2) is 0 Å². The van der Waals surface area contributed by atoms with E-state index in [1.54, 1.807) is 50.6 Å². The first-order valence-corrected chi connectivity index (χ1v) is 8.92. The highest BCUT2D eigenvalue weighted by atomic mass is 16.5. The smallest absolute Gasteiger partial charge is 0.254 e. The SMILES string of the molecule is CCN(CC(=O)Nc1ccccc1OC)C(=O)c1ccc(COC)c(OC)c1. The van der Waals surface area contributed by atoms with Crippen LogP contribution in [-0.4, -0.2) is 51.1 Å². The van der Waals surface area contributed by atoms with Gasteiger partial charge in [0.15, 0.2) is 0 Å². The van der Waals surface area contributed by atoms with Crippen molar-refractivity contribution in [2.45, 2.75) is 13.5 Å². The minimum atomic E-state index is -0.303. The molecule has 150 valence electrons. The fourth-order valence-corrected chi connectivity index (χ4v) is 2.77. The standard InChI is InChI=1S/C21H26N2O5/c1-5-23(13-20(24)22-17-8-6-7-9-18(17)27-3)21(25)15-10-11-16(14-26-2)19(12-15)28-4/h6-12H,5,13-14H2,1-4H3,(H,22,24). The number of para-hydroxylation sites is 2. The van der Waals surface area contributed by atoms with Gasteiger partial charge in [0.05, 0.1) is 26.5 Å². The number of anilines is 1. The normalized spacial score (nSPS) is 10.3. The van der Waals surface area contributed by atoms with E-state index in [1.807, 2.05) is 13.0 Å². The topological polar surface area (TPSA) is 77.1 Å². The van der Waals surface area contributed by atoms with Gasteiger partial charge in [-0.2, -0.15) is 0 Å². The molecule has 7 nitrogen and oxygen atoms in total. The quantitative estimate of drug-likeness (QED) is 0.717. The van der Waals surface area contributed by atoms with Crippen LogP contribution in [0.15, 0.2) is 42.5 Å². The molecule has 28 heavy (non-hydrogen) atoms. The molecule has 0 saturated heterocycles. The molecule has 1 N–H and O–H groups in total. The zero-order chi connectivity index (χ0) is 20.5. The average Bonchev–Trinajstić information content (AvgIpc) is 2.72. The molecule has 0 spiro atoms. The Morgan fingerprint density at radius 1 is 1.00 bits per heavy atom. The third-order valence-electron chi connectivity index (χ3n) is 4.22.